The van der Waals surface area contributed by atoms with Crippen LogP contribution in [0.1, 0.15) is 26.7 Å². The fraction of sp³-hybridized carbons (Fsp3) is 0.929. The van der Waals surface area contributed by atoms with Crippen LogP contribution in [-0.2, 0) is 0 Å². The van der Waals surface area contributed by atoms with E-state index in [2.05, 4.69) is 28.6 Å². The summed E-state index contributed by atoms with van der Waals surface area (Å²) in [5.41, 5.74) is 6.12. The van der Waals surface area contributed by atoms with Gasteiger partial charge < -0.3 is 10.6 Å². The van der Waals surface area contributed by atoms with Crippen molar-refractivity contribution in [2.75, 3.05) is 44.2 Å². The topological polar surface area (TPSA) is 44.9 Å². The highest BCUT2D eigenvalue weighted by Gasteiger charge is 2.24. The van der Waals surface area contributed by atoms with Crippen LogP contribution < -0.4 is 5.73 Å². The molecule has 2 aliphatic rings. The molecule has 2 fully saturated rings. The minimum absolute atomic E-state index is 0. The maximum Gasteiger partial charge on any atom is 0.191 e. The van der Waals surface area contributed by atoms with Gasteiger partial charge in [0.2, 0.25) is 0 Å². The highest BCUT2D eigenvalue weighted by Crippen LogP contribution is 2.19. The molecule has 6 heteroatoms. The minimum Gasteiger partial charge on any atom is -0.370 e. The highest BCUT2D eigenvalue weighted by molar-refractivity contribution is 14.0. The fourth-order valence-corrected chi connectivity index (χ4v) is 3.81. The number of hydrogen-bond acceptors (Lipinski definition) is 3. The fourth-order valence-electron chi connectivity index (χ4n) is 2.90. The summed E-state index contributed by atoms with van der Waals surface area (Å²) >= 11 is 2.01. The molecule has 2 heterocycles. The average molecular weight is 412 g/mol. The average Bonchev–Trinajstić information content (AvgIpc) is 2.83. The Balaban J connectivity index is 0.00000200. The molecular weight excluding hydrogens is 383 g/mol. The van der Waals surface area contributed by atoms with Crippen LogP contribution in [0.2, 0.25) is 0 Å². The number of likely N-dealkylation sites (tertiary alicyclic amines) is 1. The molecule has 4 nitrogen and oxygen atoms in total. The molecular formula is C14H29IN4S. The van der Waals surface area contributed by atoms with Crippen molar-refractivity contribution >= 4 is 41.7 Å². The molecule has 0 aromatic carbocycles. The van der Waals surface area contributed by atoms with E-state index in [4.69, 9.17) is 5.73 Å². The van der Waals surface area contributed by atoms with Crippen LogP contribution in [-0.4, -0.2) is 66.0 Å². The monoisotopic (exact) mass is 412 g/mol. The van der Waals surface area contributed by atoms with Crippen LogP contribution in [0, 0.1) is 5.92 Å². The van der Waals surface area contributed by atoms with Crippen LogP contribution in [0.15, 0.2) is 4.99 Å². The Labute approximate surface area is 144 Å². The summed E-state index contributed by atoms with van der Waals surface area (Å²) in [7, 11) is 0. The van der Waals surface area contributed by atoms with Crippen LogP contribution in [0.25, 0.3) is 0 Å². The van der Waals surface area contributed by atoms with Crippen LogP contribution in [0.4, 0.5) is 0 Å². The van der Waals surface area contributed by atoms with E-state index in [-0.39, 0.29) is 24.0 Å². The van der Waals surface area contributed by atoms with Crippen molar-refractivity contribution in [3.63, 3.8) is 0 Å². The smallest absolute Gasteiger partial charge is 0.191 e. The molecule has 0 bridgehead atoms. The second-order valence-corrected chi connectivity index (χ2v) is 7.21. The number of hydrogen-bond donors (Lipinski definition) is 1. The van der Waals surface area contributed by atoms with Gasteiger partial charge in [-0.15, -0.1) is 24.0 Å². The summed E-state index contributed by atoms with van der Waals surface area (Å²) < 4.78 is 0. The predicted octanol–water partition coefficient (Wildman–Crippen LogP) is 2.09. The molecule has 0 unspecified atom stereocenters. The third-order valence-electron chi connectivity index (χ3n) is 3.90. The van der Waals surface area contributed by atoms with Crippen LogP contribution >= 0.6 is 35.7 Å². The lowest BCUT2D eigenvalue weighted by Gasteiger charge is -2.28. The zero-order valence-corrected chi connectivity index (χ0v) is 15.9. The lowest BCUT2D eigenvalue weighted by atomic mass is 10.2. The molecule has 0 aromatic rings. The Bertz CT molecular complexity index is 306. The maximum atomic E-state index is 6.12. The number of nitrogens with two attached hydrogens (primary N) is 1. The van der Waals surface area contributed by atoms with Crippen molar-refractivity contribution in [3.8, 4) is 0 Å². The lowest BCUT2D eigenvalue weighted by Crippen LogP contribution is -2.43. The Morgan fingerprint density at radius 3 is 2.65 bits per heavy atom. The molecule has 0 aromatic heterocycles. The summed E-state index contributed by atoms with van der Waals surface area (Å²) in [5.74, 6) is 3.86. The molecule has 2 rings (SSSR count). The first-order valence-electron chi connectivity index (χ1n) is 7.53. The van der Waals surface area contributed by atoms with E-state index < -0.39 is 0 Å². The van der Waals surface area contributed by atoms with E-state index in [0.717, 1.165) is 31.5 Å². The van der Waals surface area contributed by atoms with Crippen LogP contribution in [0.3, 0.4) is 0 Å². The van der Waals surface area contributed by atoms with E-state index in [1.165, 1.54) is 37.4 Å². The van der Waals surface area contributed by atoms with Gasteiger partial charge in [-0.25, -0.2) is 0 Å². The normalized spacial score (nSPS) is 25.1. The predicted molar refractivity (Wildman–Crippen MR) is 100 cm³/mol. The van der Waals surface area contributed by atoms with E-state index in [0.29, 0.717) is 6.04 Å². The van der Waals surface area contributed by atoms with E-state index in [1.807, 2.05) is 11.8 Å². The van der Waals surface area contributed by atoms with Crippen molar-refractivity contribution in [2.24, 2.45) is 16.6 Å². The standard InChI is InChI=1S/C14H28N4S.HI/c1-12(2)11-18-5-3-4-13(18)10-16-14(15)17-6-8-19-9-7-17;/h12-13H,3-11H2,1-2H3,(H2,15,16);1H/t13-;/m1./s1. The van der Waals surface area contributed by atoms with E-state index in [1.54, 1.807) is 0 Å². The zero-order chi connectivity index (χ0) is 13.7. The second-order valence-electron chi connectivity index (χ2n) is 5.98. The summed E-state index contributed by atoms with van der Waals surface area (Å²) in [6.45, 7) is 10.00. The number of halogens is 1. The Hall–Kier alpha value is 0.310. The van der Waals surface area contributed by atoms with Gasteiger partial charge in [0.25, 0.3) is 0 Å². The summed E-state index contributed by atoms with van der Waals surface area (Å²) in [5, 5.41) is 0. The van der Waals surface area contributed by atoms with Gasteiger partial charge in [-0.05, 0) is 25.3 Å². The first kappa shape index (κ1) is 18.4. The van der Waals surface area contributed by atoms with Gasteiger partial charge in [-0.1, -0.05) is 13.8 Å². The largest absolute Gasteiger partial charge is 0.370 e. The molecule has 0 amide bonds. The molecule has 2 aliphatic heterocycles. The van der Waals surface area contributed by atoms with Crippen molar-refractivity contribution in [1.29, 1.82) is 0 Å². The lowest BCUT2D eigenvalue weighted by molar-refractivity contribution is 0.231. The van der Waals surface area contributed by atoms with Gasteiger partial charge in [0.05, 0.1) is 6.54 Å². The van der Waals surface area contributed by atoms with Crippen molar-refractivity contribution in [2.45, 2.75) is 32.7 Å². The molecule has 118 valence electrons. The zero-order valence-electron chi connectivity index (χ0n) is 12.8. The number of aliphatic imine (C=N–C) groups is 1. The number of nitrogens with zero attached hydrogens (tertiary/aromatic N) is 3. The number of thioether (sulfide) groups is 1. The quantitative estimate of drug-likeness (QED) is 0.437. The Kier molecular flexibility index (Phi) is 8.59. The van der Waals surface area contributed by atoms with Gasteiger partial charge >= 0.3 is 0 Å². The molecule has 0 saturated carbocycles. The summed E-state index contributed by atoms with van der Waals surface area (Å²) in [6.07, 6.45) is 2.59. The second kappa shape index (κ2) is 9.35. The third kappa shape index (κ3) is 5.60. The molecule has 0 spiro atoms. The van der Waals surface area contributed by atoms with E-state index in [9.17, 15) is 0 Å². The van der Waals surface area contributed by atoms with Crippen molar-refractivity contribution in [1.82, 2.24) is 9.80 Å². The Morgan fingerprint density at radius 1 is 1.30 bits per heavy atom. The Morgan fingerprint density at radius 2 is 2.00 bits per heavy atom. The SMILES string of the molecule is CC(C)CN1CCC[C@@H]1CN=C(N)N1CCSCC1.I. The molecule has 1 atom stereocenters. The van der Waals surface area contributed by atoms with Crippen LogP contribution in [0.5, 0.6) is 0 Å². The maximum absolute atomic E-state index is 6.12. The molecule has 0 aliphatic carbocycles. The first-order chi connectivity index (χ1) is 9.16. The van der Waals surface area contributed by atoms with Gasteiger partial charge in [-0.3, -0.25) is 9.89 Å². The van der Waals surface area contributed by atoms with Gasteiger partial charge in [0, 0.05) is 37.2 Å². The van der Waals surface area contributed by atoms with E-state index >= 15 is 0 Å². The van der Waals surface area contributed by atoms with Crippen molar-refractivity contribution < 1.29 is 0 Å². The number of rotatable bonds is 4. The molecule has 0 radical (unpaired) electrons. The van der Waals surface area contributed by atoms with Gasteiger partial charge in [0.15, 0.2) is 5.96 Å². The third-order valence-corrected chi connectivity index (χ3v) is 4.84. The molecule has 2 N–H and O–H groups in total. The molecule has 20 heavy (non-hydrogen) atoms. The molecule has 2 saturated heterocycles. The summed E-state index contributed by atoms with van der Waals surface area (Å²) in [6, 6.07) is 0.611. The van der Waals surface area contributed by atoms with Gasteiger partial charge in [-0.2, -0.15) is 11.8 Å². The first-order valence-corrected chi connectivity index (χ1v) is 8.69. The summed E-state index contributed by atoms with van der Waals surface area (Å²) in [4.78, 5) is 9.48. The minimum atomic E-state index is 0. The van der Waals surface area contributed by atoms with Gasteiger partial charge in [0.1, 0.15) is 0 Å². The highest BCUT2D eigenvalue weighted by atomic mass is 127. The van der Waals surface area contributed by atoms with Crippen molar-refractivity contribution in [3.05, 3.63) is 0 Å². The number of guanidine groups is 1.